The molecule has 0 atom stereocenters. The summed E-state index contributed by atoms with van der Waals surface area (Å²) < 4.78 is 0. The van der Waals surface area contributed by atoms with Gasteiger partial charge in [0.1, 0.15) is 0 Å². The minimum atomic E-state index is 0.559. The van der Waals surface area contributed by atoms with Gasteiger partial charge in [-0.2, -0.15) is 0 Å². The van der Waals surface area contributed by atoms with E-state index in [0.717, 1.165) is 19.5 Å². The molecule has 0 saturated carbocycles. The SMILES string of the molecule is CN(C)CCCN(CN)CN. The first-order chi connectivity index (χ1) is 5.20. The summed E-state index contributed by atoms with van der Waals surface area (Å²) in [6.45, 7) is 3.20. The van der Waals surface area contributed by atoms with Crippen molar-refractivity contribution in [1.82, 2.24) is 9.80 Å². The quantitative estimate of drug-likeness (QED) is 0.493. The number of hydrogen-bond acceptors (Lipinski definition) is 4. The zero-order valence-corrected chi connectivity index (χ0v) is 7.58. The molecule has 0 aromatic carbocycles. The Morgan fingerprint density at radius 2 is 1.55 bits per heavy atom. The smallest absolute Gasteiger partial charge is 0.0467 e. The van der Waals surface area contributed by atoms with Crippen LogP contribution < -0.4 is 11.5 Å². The van der Waals surface area contributed by atoms with Crippen molar-refractivity contribution in [2.24, 2.45) is 11.5 Å². The van der Waals surface area contributed by atoms with Crippen LogP contribution in [-0.4, -0.2) is 50.3 Å². The van der Waals surface area contributed by atoms with E-state index >= 15 is 0 Å². The maximum absolute atomic E-state index is 5.43. The molecule has 11 heavy (non-hydrogen) atoms. The Labute approximate surface area is 69.1 Å². The van der Waals surface area contributed by atoms with Gasteiger partial charge < -0.3 is 16.4 Å². The number of hydrogen-bond donors (Lipinski definition) is 2. The molecular formula is C7H20N4. The molecular weight excluding hydrogens is 140 g/mol. The van der Waals surface area contributed by atoms with Crippen molar-refractivity contribution < 1.29 is 0 Å². The molecule has 0 fully saturated rings. The summed E-state index contributed by atoms with van der Waals surface area (Å²) in [4.78, 5) is 4.18. The van der Waals surface area contributed by atoms with Gasteiger partial charge in [0.2, 0.25) is 0 Å². The minimum Gasteiger partial charge on any atom is -0.318 e. The van der Waals surface area contributed by atoms with Gasteiger partial charge in [-0.15, -0.1) is 0 Å². The molecule has 4 heteroatoms. The van der Waals surface area contributed by atoms with E-state index in [1.165, 1.54) is 0 Å². The Hall–Kier alpha value is -0.160. The Morgan fingerprint density at radius 3 is 1.91 bits per heavy atom. The Bertz CT molecular complexity index is 80.5. The minimum absolute atomic E-state index is 0.559. The Balaban J connectivity index is 3.21. The van der Waals surface area contributed by atoms with Crippen LogP contribution in [0.15, 0.2) is 0 Å². The standard InChI is InChI=1S/C7H20N4/c1-10(2)4-3-5-11(6-8)7-9/h3-9H2,1-2H3. The van der Waals surface area contributed by atoms with E-state index in [0.29, 0.717) is 13.3 Å². The molecule has 0 spiro atoms. The van der Waals surface area contributed by atoms with Crippen molar-refractivity contribution in [2.45, 2.75) is 6.42 Å². The second-order valence-electron chi connectivity index (χ2n) is 2.92. The van der Waals surface area contributed by atoms with Crippen molar-refractivity contribution in [1.29, 1.82) is 0 Å². The van der Waals surface area contributed by atoms with Crippen molar-refractivity contribution in [3.05, 3.63) is 0 Å². The fourth-order valence-corrected chi connectivity index (χ4v) is 0.868. The summed E-state index contributed by atoms with van der Waals surface area (Å²) in [6.07, 6.45) is 1.13. The van der Waals surface area contributed by atoms with Crippen molar-refractivity contribution in [2.75, 3.05) is 40.5 Å². The van der Waals surface area contributed by atoms with Gasteiger partial charge >= 0.3 is 0 Å². The molecule has 0 aliphatic carbocycles. The number of rotatable bonds is 6. The van der Waals surface area contributed by atoms with E-state index < -0.39 is 0 Å². The summed E-state index contributed by atoms with van der Waals surface area (Å²) in [5.41, 5.74) is 10.9. The molecule has 0 bridgehead atoms. The summed E-state index contributed by atoms with van der Waals surface area (Å²) >= 11 is 0. The zero-order chi connectivity index (χ0) is 8.69. The molecule has 0 rings (SSSR count). The van der Waals surface area contributed by atoms with Gasteiger partial charge in [0.05, 0.1) is 0 Å². The van der Waals surface area contributed by atoms with Gasteiger partial charge in [-0.3, -0.25) is 4.90 Å². The first kappa shape index (κ1) is 10.8. The molecule has 0 aliphatic heterocycles. The van der Waals surface area contributed by atoms with E-state index in [2.05, 4.69) is 19.0 Å². The van der Waals surface area contributed by atoms with Gasteiger partial charge in [0.25, 0.3) is 0 Å². The maximum Gasteiger partial charge on any atom is 0.0467 e. The third-order valence-electron chi connectivity index (χ3n) is 1.60. The molecule has 0 aromatic rings. The van der Waals surface area contributed by atoms with E-state index in [4.69, 9.17) is 11.5 Å². The summed E-state index contributed by atoms with van der Waals surface area (Å²) in [5.74, 6) is 0. The largest absolute Gasteiger partial charge is 0.318 e. The van der Waals surface area contributed by atoms with Crippen LogP contribution >= 0.6 is 0 Å². The Kier molecular flexibility index (Phi) is 6.45. The highest BCUT2D eigenvalue weighted by atomic mass is 15.2. The van der Waals surface area contributed by atoms with Crippen molar-refractivity contribution in [3.63, 3.8) is 0 Å². The molecule has 0 radical (unpaired) electrons. The van der Waals surface area contributed by atoms with Gasteiger partial charge in [-0.25, -0.2) is 0 Å². The first-order valence-electron chi connectivity index (χ1n) is 3.98. The zero-order valence-electron chi connectivity index (χ0n) is 7.58. The van der Waals surface area contributed by atoms with E-state index in [9.17, 15) is 0 Å². The molecule has 4 N–H and O–H groups in total. The van der Waals surface area contributed by atoms with Crippen LogP contribution in [-0.2, 0) is 0 Å². The number of nitrogens with zero attached hydrogens (tertiary/aromatic N) is 2. The molecule has 68 valence electrons. The average Bonchev–Trinajstić information content (AvgIpc) is 1.98. The van der Waals surface area contributed by atoms with Crippen LogP contribution in [0.1, 0.15) is 6.42 Å². The normalized spacial score (nSPS) is 11.5. The highest BCUT2D eigenvalue weighted by Crippen LogP contribution is 1.87. The van der Waals surface area contributed by atoms with Crippen LogP contribution in [0.5, 0.6) is 0 Å². The fourth-order valence-electron chi connectivity index (χ4n) is 0.868. The van der Waals surface area contributed by atoms with Crippen LogP contribution in [0, 0.1) is 0 Å². The lowest BCUT2D eigenvalue weighted by Gasteiger charge is -2.18. The molecule has 4 nitrogen and oxygen atoms in total. The monoisotopic (exact) mass is 160 g/mol. The van der Waals surface area contributed by atoms with Gasteiger partial charge in [-0.1, -0.05) is 0 Å². The van der Waals surface area contributed by atoms with Crippen molar-refractivity contribution in [3.8, 4) is 0 Å². The molecule has 0 saturated heterocycles. The summed E-state index contributed by atoms with van der Waals surface area (Å²) in [7, 11) is 4.13. The fraction of sp³-hybridized carbons (Fsp3) is 1.00. The van der Waals surface area contributed by atoms with Crippen LogP contribution in [0.2, 0.25) is 0 Å². The summed E-state index contributed by atoms with van der Waals surface area (Å²) in [6, 6.07) is 0. The highest BCUT2D eigenvalue weighted by Gasteiger charge is 1.98. The molecule has 0 amide bonds. The average molecular weight is 160 g/mol. The molecule has 0 aliphatic rings. The predicted octanol–water partition coefficient (Wildman–Crippen LogP) is -0.927. The maximum atomic E-state index is 5.43. The van der Waals surface area contributed by atoms with E-state index in [1.807, 2.05) is 4.90 Å². The molecule has 0 unspecified atom stereocenters. The lowest BCUT2D eigenvalue weighted by Crippen LogP contribution is -2.36. The van der Waals surface area contributed by atoms with Crippen LogP contribution in [0.4, 0.5) is 0 Å². The van der Waals surface area contributed by atoms with Gasteiger partial charge in [0.15, 0.2) is 0 Å². The van der Waals surface area contributed by atoms with Gasteiger partial charge in [0, 0.05) is 19.9 Å². The second kappa shape index (κ2) is 6.54. The molecule has 0 heterocycles. The lowest BCUT2D eigenvalue weighted by molar-refractivity contribution is 0.267. The highest BCUT2D eigenvalue weighted by molar-refractivity contribution is 4.52. The van der Waals surface area contributed by atoms with Crippen molar-refractivity contribution >= 4 is 0 Å². The van der Waals surface area contributed by atoms with Gasteiger partial charge in [-0.05, 0) is 27.1 Å². The first-order valence-corrected chi connectivity index (χ1v) is 3.98. The number of nitrogens with two attached hydrogens (primary N) is 2. The van der Waals surface area contributed by atoms with Crippen LogP contribution in [0.3, 0.4) is 0 Å². The second-order valence-corrected chi connectivity index (χ2v) is 2.92. The Morgan fingerprint density at radius 1 is 1.00 bits per heavy atom. The molecule has 0 aromatic heterocycles. The topological polar surface area (TPSA) is 58.5 Å². The van der Waals surface area contributed by atoms with Crippen LogP contribution in [0.25, 0.3) is 0 Å². The predicted molar refractivity (Wildman–Crippen MR) is 48.0 cm³/mol. The lowest BCUT2D eigenvalue weighted by atomic mass is 10.4. The third-order valence-corrected chi connectivity index (χ3v) is 1.60. The van der Waals surface area contributed by atoms with E-state index in [-0.39, 0.29) is 0 Å². The summed E-state index contributed by atoms with van der Waals surface area (Å²) in [5, 5.41) is 0. The van der Waals surface area contributed by atoms with E-state index in [1.54, 1.807) is 0 Å². The third kappa shape index (κ3) is 6.25.